The second-order valence-electron chi connectivity index (χ2n) is 6.90. The van der Waals surface area contributed by atoms with Crippen LogP contribution < -0.4 is 20.1 Å². The van der Waals surface area contributed by atoms with E-state index in [1.54, 1.807) is 30.3 Å². The maximum absolute atomic E-state index is 12.5. The van der Waals surface area contributed by atoms with Crippen LogP contribution in [0.4, 0.5) is 11.4 Å². The Bertz CT molecular complexity index is 1250. The first-order valence-corrected chi connectivity index (χ1v) is 10.7. The fourth-order valence-corrected chi connectivity index (χ4v) is 3.42. The lowest BCUT2D eigenvalue weighted by molar-refractivity contribution is -0.118. The molecule has 0 fully saturated rings. The maximum atomic E-state index is 12.5. The smallest absolute Gasteiger partial charge is 0.266 e. The summed E-state index contributed by atoms with van der Waals surface area (Å²) in [5.41, 5.74) is 1.40. The zero-order chi connectivity index (χ0) is 24.5. The third-order valence-electron chi connectivity index (χ3n) is 4.40. The van der Waals surface area contributed by atoms with Crippen LogP contribution in [0.3, 0.4) is 0 Å². The highest BCUT2D eigenvalue weighted by Crippen LogP contribution is 2.29. The van der Waals surface area contributed by atoms with Crippen LogP contribution in [-0.4, -0.2) is 25.5 Å². The first kappa shape index (κ1) is 24.6. The zero-order valence-electron chi connectivity index (χ0n) is 18.0. The Balaban J connectivity index is 1.69. The summed E-state index contributed by atoms with van der Waals surface area (Å²) in [6.07, 6.45) is 1.40. The number of carbonyl (C=O) groups is 2. The molecule has 0 radical (unpaired) electrons. The number of hydrogen-bond acceptors (Lipinski definition) is 5. The Labute approximate surface area is 206 Å². The summed E-state index contributed by atoms with van der Waals surface area (Å²) in [5, 5.41) is 15.5. The van der Waals surface area contributed by atoms with Gasteiger partial charge in [0.05, 0.1) is 7.11 Å². The molecule has 0 heterocycles. The van der Waals surface area contributed by atoms with Gasteiger partial charge in [0.1, 0.15) is 11.6 Å². The summed E-state index contributed by atoms with van der Waals surface area (Å²) >= 11 is 11.9. The number of halogens is 2. The number of nitrogens with zero attached hydrogens (tertiary/aromatic N) is 1. The second-order valence-corrected chi connectivity index (χ2v) is 7.77. The highest BCUT2D eigenvalue weighted by Gasteiger charge is 2.13. The predicted molar refractivity (Wildman–Crippen MR) is 132 cm³/mol. The number of amides is 2. The quantitative estimate of drug-likeness (QED) is 0.314. The first-order chi connectivity index (χ1) is 16.4. The van der Waals surface area contributed by atoms with E-state index in [4.69, 9.17) is 32.7 Å². The van der Waals surface area contributed by atoms with Crippen molar-refractivity contribution in [1.29, 1.82) is 5.26 Å². The van der Waals surface area contributed by atoms with Crippen molar-refractivity contribution < 1.29 is 19.1 Å². The third kappa shape index (κ3) is 7.01. The molecule has 0 aliphatic carbocycles. The molecule has 0 saturated heterocycles. The van der Waals surface area contributed by atoms with Gasteiger partial charge in [-0.2, -0.15) is 5.26 Å². The minimum atomic E-state index is -0.627. The number of methoxy groups -OCH3 is 1. The standard InChI is InChI=1S/C25H19Cl2N3O4/c1-33-23-10-16(7-8-22(23)34-15-24(31)29-20-5-3-2-4-6-20)9-17(14-28)25(32)30-21-12-18(26)11-19(27)13-21/h2-13H,15H2,1H3,(H,29,31)(H,30,32)/b17-9+. The monoisotopic (exact) mass is 495 g/mol. The van der Waals surface area contributed by atoms with Crippen molar-refractivity contribution in [3.05, 3.63) is 87.9 Å². The van der Waals surface area contributed by atoms with E-state index in [2.05, 4.69) is 10.6 Å². The Morgan fingerprint density at radius 3 is 2.29 bits per heavy atom. The first-order valence-electron chi connectivity index (χ1n) is 9.93. The van der Waals surface area contributed by atoms with Gasteiger partial charge < -0.3 is 20.1 Å². The van der Waals surface area contributed by atoms with E-state index >= 15 is 0 Å². The van der Waals surface area contributed by atoms with E-state index in [1.165, 1.54) is 31.4 Å². The Morgan fingerprint density at radius 1 is 0.941 bits per heavy atom. The Morgan fingerprint density at radius 2 is 1.65 bits per heavy atom. The van der Waals surface area contributed by atoms with Gasteiger partial charge in [-0.3, -0.25) is 9.59 Å². The fourth-order valence-electron chi connectivity index (χ4n) is 2.89. The maximum Gasteiger partial charge on any atom is 0.266 e. The van der Waals surface area contributed by atoms with Crippen molar-refractivity contribution >= 4 is 52.5 Å². The summed E-state index contributed by atoms with van der Waals surface area (Å²) < 4.78 is 10.9. The summed E-state index contributed by atoms with van der Waals surface area (Å²) in [6, 6.07) is 20.3. The van der Waals surface area contributed by atoms with Gasteiger partial charge in [-0.25, -0.2) is 0 Å². The number of ether oxygens (including phenoxy) is 2. The molecule has 0 atom stereocenters. The van der Waals surface area contributed by atoms with Crippen LogP contribution in [0.1, 0.15) is 5.56 Å². The Hall–Kier alpha value is -3.99. The van der Waals surface area contributed by atoms with Crippen molar-refractivity contribution in [3.8, 4) is 17.6 Å². The molecule has 9 heteroatoms. The molecule has 0 aliphatic heterocycles. The lowest BCUT2D eigenvalue weighted by Crippen LogP contribution is -2.20. The molecule has 0 aliphatic rings. The van der Waals surface area contributed by atoms with Gasteiger partial charge in [0.25, 0.3) is 11.8 Å². The fraction of sp³-hybridized carbons (Fsp3) is 0.0800. The number of hydrogen-bond donors (Lipinski definition) is 2. The van der Waals surface area contributed by atoms with Crippen molar-refractivity contribution in [2.75, 3.05) is 24.4 Å². The van der Waals surface area contributed by atoms with Crippen molar-refractivity contribution in [1.82, 2.24) is 0 Å². The van der Waals surface area contributed by atoms with E-state index < -0.39 is 5.91 Å². The highest BCUT2D eigenvalue weighted by molar-refractivity contribution is 6.35. The summed E-state index contributed by atoms with van der Waals surface area (Å²) in [5.74, 6) is -0.292. The molecular formula is C25H19Cl2N3O4. The van der Waals surface area contributed by atoms with Crippen molar-refractivity contribution in [2.24, 2.45) is 0 Å². The van der Waals surface area contributed by atoms with Gasteiger partial charge in [-0.1, -0.05) is 47.5 Å². The van der Waals surface area contributed by atoms with Crippen LogP contribution in [0.2, 0.25) is 10.0 Å². The molecule has 3 rings (SSSR count). The molecule has 172 valence electrons. The molecule has 2 amide bonds. The molecule has 0 bridgehead atoms. The van der Waals surface area contributed by atoms with Crippen LogP contribution in [-0.2, 0) is 9.59 Å². The lowest BCUT2D eigenvalue weighted by Gasteiger charge is -2.12. The molecule has 0 unspecified atom stereocenters. The minimum Gasteiger partial charge on any atom is -0.493 e. The van der Waals surface area contributed by atoms with Gasteiger partial charge >= 0.3 is 0 Å². The number of nitrogens with one attached hydrogen (secondary N) is 2. The number of anilines is 2. The predicted octanol–water partition coefficient (Wildman–Crippen LogP) is 5.57. The molecule has 3 aromatic rings. The van der Waals surface area contributed by atoms with Crippen molar-refractivity contribution in [2.45, 2.75) is 0 Å². The third-order valence-corrected chi connectivity index (χ3v) is 4.84. The average molecular weight is 496 g/mol. The number of carbonyl (C=O) groups excluding carboxylic acids is 2. The normalized spacial score (nSPS) is 10.7. The van der Waals surface area contributed by atoms with E-state index in [9.17, 15) is 14.9 Å². The summed E-state index contributed by atoms with van der Waals surface area (Å²) in [7, 11) is 1.44. The van der Waals surface area contributed by atoms with Gasteiger partial charge in [0.15, 0.2) is 18.1 Å². The van der Waals surface area contributed by atoms with Crippen LogP contribution in [0, 0.1) is 11.3 Å². The molecular weight excluding hydrogens is 477 g/mol. The number of benzene rings is 3. The molecule has 2 N–H and O–H groups in total. The molecule has 0 spiro atoms. The number of para-hydroxylation sites is 1. The topological polar surface area (TPSA) is 100 Å². The van der Waals surface area contributed by atoms with Crippen molar-refractivity contribution in [3.63, 3.8) is 0 Å². The number of nitriles is 1. The minimum absolute atomic E-state index is 0.144. The van der Waals surface area contributed by atoms with E-state index in [0.717, 1.165) is 0 Å². The van der Waals surface area contributed by atoms with Crippen LogP contribution in [0.5, 0.6) is 11.5 Å². The molecule has 0 saturated carbocycles. The van der Waals surface area contributed by atoms with Gasteiger partial charge in [0.2, 0.25) is 0 Å². The lowest BCUT2D eigenvalue weighted by atomic mass is 10.1. The van der Waals surface area contributed by atoms with Gasteiger partial charge in [0, 0.05) is 21.4 Å². The summed E-state index contributed by atoms with van der Waals surface area (Å²) in [4.78, 5) is 24.7. The SMILES string of the molecule is COc1cc(/C=C(\C#N)C(=O)Nc2cc(Cl)cc(Cl)c2)ccc1OCC(=O)Nc1ccccc1. The van der Waals surface area contributed by atoms with Crippen LogP contribution >= 0.6 is 23.2 Å². The van der Waals surface area contributed by atoms with Gasteiger partial charge in [-0.05, 0) is 54.1 Å². The molecule has 3 aromatic carbocycles. The van der Waals surface area contributed by atoms with E-state index in [1.807, 2.05) is 24.3 Å². The molecule has 0 aromatic heterocycles. The van der Waals surface area contributed by atoms with Gasteiger partial charge in [-0.15, -0.1) is 0 Å². The van der Waals surface area contributed by atoms with Crippen LogP contribution in [0.25, 0.3) is 6.08 Å². The molecule has 34 heavy (non-hydrogen) atoms. The highest BCUT2D eigenvalue weighted by atomic mass is 35.5. The number of rotatable bonds is 8. The largest absolute Gasteiger partial charge is 0.493 e. The zero-order valence-corrected chi connectivity index (χ0v) is 19.5. The summed E-state index contributed by atoms with van der Waals surface area (Å²) in [6.45, 7) is -0.228. The van der Waals surface area contributed by atoms with Crippen LogP contribution in [0.15, 0.2) is 72.3 Å². The average Bonchev–Trinajstić information content (AvgIpc) is 2.81. The second kappa shape index (κ2) is 11.8. The van der Waals surface area contributed by atoms with E-state index in [-0.39, 0.29) is 18.1 Å². The molecule has 7 nitrogen and oxygen atoms in total. The Kier molecular flexibility index (Phi) is 8.52. The van der Waals surface area contributed by atoms with E-state index in [0.29, 0.717) is 38.5 Å².